The van der Waals surface area contributed by atoms with Crippen LogP contribution in [-0.4, -0.2) is 22.9 Å². The normalized spacial score (nSPS) is 9.35. The van der Waals surface area contributed by atoms with E-state index in [0.29, 0.717) is 14.7 Å². The van der Waals surface area contributed by atoms with Crippen molar-refractivity contribution in [1.82, 2.24) is 0 Å². The Bertz CT molecular complexity index is 614. The number of hydrogen-bond acceptors (Lipinski definition) is 4. The highest BCUT2D eigenvalue weighted by Gasteiger charge is 2.15. The van der Waals surface area contributed by atoms with E-state index in [9.17, 15) is 14.9 Å². The molecule has 0 saturated carbocycles. The molecule has 0 fully saturated rings. The van der Waals surface area contributed by atoms with Crippen LogP contribution in [0.2, 0.25) is 0 Å². The van der Waals surface area contributed by atoms with Gasteiger partial charge < -0.3 is 5.11 Å². The summed E-state index contributed by atoms with van der Waals surface area (Å²) in [6.45, 7) is 0. The van der Waals surface area contributed by atoms with E-state index in [4.69, 9.17) is 5.11 Å². The zero-order chi connectivity index (χ0) is 15.1. The molecule has 1 N–H and O–H groups in total. The predicted molar refractivity (Wildman–Crippen MR) is 83.8 cm³/mol. The summed E-state index contributed by atoms with van der Waals surface area (Å²) in [5.41, 5.74) is 1.04. The molecule has 2 aromatic carbocycles. The third-order valence-corrected chi connectivity index (χ3v) is 3.34. The highest BCUT2D eigenvalue weighted by Crippen LogP contribution is 2.22. The molecular weight excluding hydrogens is 373 g/mol. The molecule has 0 aliphatic rings. The van der Waals surface area contributed by atoms with Gasteiger partial charge in [0.2, 0.25) is 0 Å². The van der Waals surface area contributed by atoms with E-state index in [1.165, 1.54) is 18.2 Å². The molecule has 6 heteroatoms. The number of non-ortho nitro benzene ring substituents is 1. The Morgan fingerprint density at radius 1 is 1.15 bits per heavy atom. The topological polar surface area (TPSA) is 80.4 Å². The van der Waals surface area contributed by atoms with Crippen molar-refractivity contribution in [2.75, 3.05) is 7.11 Å². The first kappa shape index (κ1) is 16.3. The fourth-order valence-corrected chi connectivity index (χ4v) is 2.29. The van der Waals surface area contributed by atoms with Gasteiger partial charge in [0.25, 0.3) is 5.69 Å². The van der Waals surface area contributed by atoms with E-state index in [1.54, 1.807) is 24.3 Å². The average molecular weight is 385 g/mol. The van der Waals surface area contributed by atoms with Gasteiger partial charge in [-0.1, -0.05) is 30.3 Å². The number of nitro groups is 1. The van der Waals surface area contributed by atoms with E-state index in [2.05, 4.69) is 0 Å². The van der Waals surface area contributed by atoms with Crippen LogP contribution in [0.5, 0.6) is 0 Å². The first-order chi connectivity index (χ1) is 9.59. The summed E-state index contributed by atoms with van der Waals surface area (Å²) in [7, 11) is 1.00. The number of benzene rings is 2. The van der Waals surface area contributed by atoms with Crippen LogP contribution in [0.15, 0.2) is 48.5 Å². The number of aliphatic hydroxyl groups is 1. The zero-order valence-corrected chi connectivity index (χ0v) is 12.8. The number of nitro benzene ring substituents is 1. The minimum Gasteiger partial charge on any atom is -0.400 e. The Hall–Kier alpha value is -1.80. The van der Waals surface area contributed by atoms with E-state index in [-0.39, 0.29) is 11.5 Å². The monoisotopic (exact) mass is 385 g/mol. The Kier molecular flexibility index (Phi) is 6.26. The van der Waals surface area contributed by atoms with Crippen LogP contribution in [-0.2, 0) is 0 Å². The molecule has 0 bridgehead atoms. The van der Waals surface area contributed by atoms with Crippen LogP contribution in [0.4, 0.5) is 5.69 Å². The predicted octanol–water partition coefficient (Wildman–Crippen LogP) is 3.04. The van der Waals surface area contributed by atoms with Crippen LogP contribution in [0.3, 0.4) is 0 Å². The molecule has 0 amide bonds. The smallest absolute Gasteiger partial charge is 0.270 e. The Morgan fingerprint density at radius 3 is 2.25 bits per heavy atom. The van der Waals surface area contributed by atoms with Crippen LogP contribution < -0.4 is 0 Å². The van der Waals surface area contributed by atoms with Crippen LogP contribution in [0, 0.1) is 13.7 Å². The first-order valence-corrected chi connectivity index (χ1v) is 6.66. The summed E-state index contributed by atoms with van der Waals surface area (Å²) in [5.74, 6) is -0.130. The number of carbonyl (C=O) groups excluding carboxylic acids is 1. The third-order valence-electron chi connectivity index (χ3n) is 2.44. The second-order valence-electron chi connectivity index (χ2n) is 3.62. The van der Waals surface area contributed by atoms with Crippen LogP contribution in [0.25, 0.3) is 0 Å². The minimum atomic E-state index is -0.473. The van der Waals surface area contributed by atoms with Gasteiger partial charge >= 0.3 is 0 Å². The molecule has 0 saturated heterocycles. The van der Waals surface area contributed by atoms with E-state index in [0.717, 1.165) is 7.11 Å². The molecule has 20 heavy (non-hydrogen) atoms. The maximum Gasteiger partial charge on any atom is 0.270 e. The number of hydrogen-bond donors (Lipinski definition) is 1. The summed E-state index contributed by atoms with van der Waals surface area (Å²) in [6, 6.07) is 13.1. The van der Waals surface area contributed by atoms with Crippen molar-refractivity contribution in [2.45, 2.75) is 0 Å². The molecule has 0 heterocycles. The van der Waals surface area contributed by atoms with Gasteiger partial charge in [0, 0.05) is 33.9 Å². The maximum absolute atomic E-state index is 12.2. The van der Waals surface area contributed by atoms with Crippen molar-refractivity contribution < 1.29 is 14.8 Å². The van der Waals surface area contributed by atoms with Gasteiger partial charge in [-0.3, -0.25) is 14.9 Å². The lowest BCUT2D eigenvalue weighted by atomic mass is 10.0. The molecule has 5 nitrogen and oxygen atoms in total. The van der Waals surface area contributed by atoms with Crippen molar-refractivity contribution in [3.05, 3.63) is 73.3 Å². The molecule has 0 spiro atoms. The van der Waals surface area contributed by atoms with Gasteiger partial charge in [-0.25, -0.2) is 0 Å². The summed E-state index contributed by atoms with van der Waals surface area (Å²) in [6.07, 6.45) is 0. The first-order valence-electron chi connectivity index (χ1n) is 5.58. The number of ketones is 1. The number of aliphatic hydroxyl groups excluding tert-OH is 1. The lowest BCUT2D eigenvalue weighted by Crippen LogP contribution is -2.04. The summed E-state index contributed by atoms with van der Waals surface area (Å²) < 4.78 is 0.579. The Labute approximate surface area is 129 Å². The van der Waals surface area contributed by atoms with Crippen molar-refractivity contribution in [3.8, 4) is 0 Å². The summed E-state index contributed by atoms with van der Waals surface area (Å²) in [5, 5.41) is 17.6. The number of nitrogens with zero attached hydrogens (tertiary/aromatic N) is 1. The highest BCUT2D eigenvalue weighted by atomic mass is 127. The second-order valence-corrected chi connectivity index (χ2v) is 4.78. The van der Waals surface area contributed by atoms with E-state index in [1.807, 2.05) is 28.7 Å². The molecule has 2 aromatic rings. The van der Waals surface area contributed by atoms with Crippen molar-refractivity contribution in [1.29, 1.82) is 0 Å². The molecule has 0 atom stereocenters. The molecule has 0 radical (unpaired) electrons. The van der Waals surface area contributed by atoms with Gasteiger partial charge in [0.05, 0.1) is 4.92 Å². The number of halogens is 1. The second kappa shape index (κ2) is 7.71. The molecule has 2 rings (SSSR count). The number of rotatable bonds is 3. The highest BCUT2D eigenvalue weighted by molar-refractivity contribution is 14.1. The van der Waals surface area contributed by atoms with E-state index < -0.39 is 4.92 Å². The lowest BCUT2D eigenvalue weighted by Gasteiger charge is -2.03. The Morgan fingerprint density at radius 2 is 1.75 bits per heavy atom. The maximum atomic E-state index is 12.2. The number of carbonyl (C=O) groups is 1. The molecule has 104 valence electrons. The standard InChI is InChI=1S/C13H8INO3.CH4O/c14-12-8-10(15(17)18)6-7-11(12)13(16)9-4-2-1-3-5-9;1-2/h1-8H;2H,1H3. The van der Waals surface area contributed by atoms with Crippen LogP contribution >= 0.6 is 22.6 Å². The van der Waals surface area contributed by atoms with Gasteiger partial charge in [0.15, 0.2) is 5.78 Å². The quantitative estimate of drug-likeness (QED) is 0.381. The average Bonchev–Trinajstić information content (AvgIpc) is 2.49. The fraction of sp³-hybridized carbons (Fsp3) is 0.0714. The lowest BCUT2D eigenvalue weighted by molar-refractivity contribution is -0.384. The van der Waals surface area contributed by atoms with Gasteiger partial charge in [-0.05, 0) is 28.7 Å². The summed E-state index contributed by atoms with van der Waals surface area (Å²) in [4.78, 5) is 22.3. The van der Waals surface area contributed by atoms with Crippen molar-refractivity contribution in [2.24, 2.45) is 0 Å². The van der Waals surface area contributed by atoms with Gasteiger partial charge in [-0.2, -0.15) is 0 Å². The van der Waals surface area contributed by atoms with Crippen LogP contribution in [0.1, 0.15) is 15.9 Å². The third kappa shape index (κ3) is 3.84. The zero-order valence-electron chi connectivity index (χ0n) is 10.6. The van der Waals surface area contributed by atoms with Gasteiger partial charge in [0.1, 0.15) is 0 Å². The fourth-order valence-electron chi connectivity index (χ4n) is 1.55. The molecule has 0 unspecified atom stereocenters. The molecule has 0 aliphatic carbocycles. The minimum absolute atomic E-state index is 0.0102. The Balaban J connectivity index is 0.000000956. The van der Waals surface area contributed by atoms with Crippen molar-refractivity contribution in [3.63, 3.8) is 0 Å². The van der Waals surface area contributed by atoms with Crippen molar-refractivity contribution >= 4 is 34.1 Å². The largest absolute Gasteiger partial charge is 0.400 e. The SMILES string of the molecule is CO.O=C(c1ccccc1)c1ccc([N+](=O)[O-])cc1I. The summed E-state index contributed by atoms with van der Waals surface area (Å²) >= 11 is 1.94. The molecule has 0 aliphatic heterocycles. The molecule has 0 aromatic heterocycles. The van der Waals surface area contributed by atoms with E-state index >= 15 is 0 Å². The molecular formula is C14H12INO4. The van der Waals surface area contributed by atoms with Gasteiger partial charge in [-0.15, -0.1) is 0 Å².